The summed E-state index contributed by atoms with van der Waals surface area (Å²) >= 11 is 1.61. The van der Waals surface area contributed by atoms with E-state index < -0.39 is 10.0 Å². The average molecular weight is 291 g/mol. The maximum Gasteiger partial charge on any atom is 0.242 e. The molecule has 1 aromatic heterocycles. The molecule has 0 fully saturated rings. The van der Waals surface area contributed by atoms with Crippen LogP contribution in [0.4, 0.5) is 0 Å². The zero-order chi connectivity index (χ0) is 13.8. The van der Waals surface area contributed by atoms with Crippen molar-refractivity contribution in [2.45, 2.75) is 37.9 Å². The first-order chi connectivity index (χ1) is 8.44. The molecule has 0 spiro atoms. The fourth-order valence-electron chi connectivity index (χ4n) is 1.76. The predicted octanol–water partition coefficient (Wildman–Crippen LogP) is 0.996. The second kappa shape index (κ2) is 6.60. The van der Waals surface area contributed by atoms with E-state index in [1.807, 2.05) is 24.7 Å². The first-order valence-corrected chi connectivity index (χ1v) is 8.72. The molecule has 1 rings (SSSR count). The Kier molecular flexibility index (Phi) is 5.71. The van der Waals surface area contributed by atoms with E-state index in [-0.39, 0.29) is 10.9 Å². The first-order valence-electron chi connectivity index (χ1n) is 5.85. The fraction of sp³-hybridized carbons (Fsp3) is 0.636. The minimum atomic E-state index is -3.44. The fourth-order valence-corrected chi connectivity index (χ4v) is 3.75. The Balaban J connectivity index is 2.94. The van der Waals surface area contributed by atoms with Gasteiger partial charge in [0.05, 0.1) is 4.90 Å². The molecule has 0 radical (unpaired) electrons. The molecule has 7 heteroatoms. The van der Waals surface area contributed by atoms with Crippen molar-refractivity contribution < 1.29 is 8.42 Å². The molecule has 0 aliphatic rings. The highest BCUT2D eigenvalue weighted by molar-refractivity contribution is 7.98. The summed E-state index contributed by atoms with van der Waals surface area (Å²) < 4.78 is 28.8. The number of thioether (sulfide) groups is 1. The predicted molar refractivity (Wildman–Crippen MR) is 76.2 cm³/mol. The van der Waals surface area contributed by atoms with Gasteiger partial charge in [-0.3, -0.25) is 0 Å². The van der Waals surface area contributed by atoms with Crippen molar-refractivity contribution in [3.05, 3.63) is 18.0 Å². The molecule has 1 unspecified atom stereocenters. The number of nitrogens with two attached hydrogens (primary N) is 1. The van der Waals surface area contributed by atoms with Crippen LogP contribution >= 0.6 is 11.8 Å². The van der Waals surface area contributed by atoms with Crippen LogP contribution in [0.25, 0.3) is 0 Å². The Morgan fingerprint density at radius 2 is 2.22 bits per heavy atom. The zero-order valence-corrected chi connectivity index (χ0v) is 12.6. The topological polar surface area (TPSA) is 77.1 Å². The number of hydrogen-bond acceptors (Lipinski definition) is 4. The van der Waals surface area contributed by atoms with E-state index in [1.54, 1.807) is 24.0 Å². The van der Waals surface area contributed by atoms with Gasteiger partial charge in [-0.05, 0) is 26.2 Å². The van der Waals surface area contributed by atoms with Gasteiger partial charge in [-0.1, -0.05) is 0 Å². The summed E-state index contributed by atoms with van der Waals surface area (Å²) in [7, 11) is -3.44. The van der Waals surface area contributed by atoms with E-state index in [0.29, 0.717) is 13.1 Å². The molecule has 0 saturated carbocycles. The lowest BCUT2D eigenvalue weighted by atomic mass is 10.4. The Morgan fingerprint density at radius 3 is 2.67 bits per heavy atom. The molecule has 0 saturated heterocycles. The molecule has 5 nitrogen and oxygen atoms in total. The summed E-state index contributed by atoms with van der Waals surface area (Å²) in [4.78, 5) is 0.290. The number of nitrogens with one attached hydrogen (secondary N) is 1. The van der Waals surface area contributed by atoms with E-state index in [2.05, 4.69) is 4.72 Å². The molecule has 0 amide bonds. The lowest BCUT2D eigenvalue weighted by molar-refractivity contribution is 0.570. The molecule has 0 aliphatic carbocycles. The molecule has 1 atom stereocenters. The molecule has 3 N–H and O–H groups in total. The monoisotopic (exact) mass is 291 g/mol. The minimum absolute atomic E-state index is 0.0868. The number of aromatic nitrogens is 1. The minimum Gasteiger partial charge on any atom is -0.349 e. The summed E-state index contributed by atoms with van der Waals surface area (Å²) in [5.41, 5.74) is 6.42. The smallest absolute Gasteiger partial charge is 0.242 e. The van der Waals surface area contributed by atoms with Crippen molar-refractivity contribution in [3.8, 4) is 0 Å². The molecule has 1 heterocycles. The Morgan fingerprint density at radius 1 is 1.56 bits per heavy atom. The van der Waals surface area contributed by atoms with Crippen molar-refractivity contribution in [1.29, 1.82) is 0 Å². The summed E-state index contributed by atoms with van der Waals surface area (Å²) in [6.45, 7) is 4.86. The van der Waals surface area contributed by atoms with E-state index in [0.717, 1.165) is 11.4 Å². The summed E-state index contributed by atoms with van der Waals surface area (Å²) in [5, 5.41) is 0. The van der Waals surface area contributed by atoms with Crippen LogP contribution in [0.15, 0.2) is 17.2 Å². The summed E-state index contributed by atoms with van der Waals surface area (Å²) in [5.74, 6) is 0.747. The molecular weight excluding hydrogens is 270 g/mol. The van der Waals surface area contributed by atoms with Gasteiger partial charge in [0.25, 0.3) is 0 Å². The highest BCUT2D eigenvalue weighted by Crippen LogP contribution is 2.15. The van der Waals surface area contributed by atoms with Crippen LogP contribution < -0.4 is 10.5 Å². The third-order valence-corrected chi connectivity index (χ3v) is 4.98. The van der Waals surface area contributed by atoms with Crippen molar-refractivity contribution in [2.24, 2.45) is 5.73 Å². The van der Waals surface area contributed by atoms with Gasteiger partial charge >= 0.3 is 0 Å². The molecule has 18 heavy (non-hydrogen) atoms. The maximum atomic E-state index is 12.1. The second-order valence-electron chi connectivity index (χ2n) is 4.13. The highest BCUT2D eigenvalue weighted by Gasteiger charge is 2.19. The lowest BCUT2D eigenvalue weighted by Crippen LogP contribution is -2.34. The van der Waals surface area contributed by atoms with E-state index >= 15 is 0 Å². The molecule has 104 valence electrons. The third kappa shape index (κ3) is 3.74. The first kappa shape index (κ1) is 15.6. The van der Waals surface area contributed by atoms with Crippen molar-refractivity contribution in [3.63, 3.8) is 0 Å². The van der Waals surface area contributed by atoms with Crippen LogP contribution in [-0.4, -0.2) is 31.0 Å². The number of hydrogen-bond donors (Lipinski definition) is 2. The van der Waals surface area contributed by atoms with Crippen molar-refractivity contribution >= 4 is 21.8 Å². The SMILES string of the molecule is CCn1cc(S(=O)(=O)NC(C)CSC)cc1CN. The summed E-state index contributed by atoms with van der Waals surface area (Å²) in [6, 6.07) is 1.55. The number of aryl methyl sites for hydroxylation is 1. The van der Waals surface area contributed by atoms with Gasteiger partial charge in [-0.15, -0.1) is 0 Å². The van der Waals surface area contributed by atoms with Gasteiger partial charge in [0, 0.05) is 36.8 Å². The van der Waals surface area contributed by atoms with E-state index in [1.165, 1.54) is 0 Å². The average Bonchev–Trinajstić information content (AvgIpc) is 2.72. The van der Waals surface area contributed by atoms with Crippen molar-refractivity contribution in [1.82, 2.24) is 9.29 Å². The Bertz CT molecular complexity index is 461. The van der Waals surface area contributed by atoms with Gasteiger partial charge in [0.2, 0.25) is 10.0 Å². The van der Waals surface area contributed by atoms with Crippen LogP contribution in [0.5, 0.6) is 0 Å². The highest BCUT2D eigenvalue weighted by atomic mass is 32.2. The quantitative estimate of drug-likeness (QED) is 0.785. The zero-order valence-electron chi connectivity index (χ0n) is 11.0. The molecule has 1 aromatic rings. The molecular formula is C11H21N3O2S2. The van der Waals surface area contributed by atoms with Crippen LogP contribution in [-0.2, 0) is 23.1 Å². The van der Waals surface area contributed by atoms with Gasteiger partial charge in [0.1, 0.15) is 0 Å². The molecule has 0 aromatic carbocycles. The maximum absolute atomic E-state index is 12.1. The number of nitrogens with zero attached hydrogens (tertiary/aromatic N) is 1. The van der Waals surface area contributed by atoms with Crippen LogP contribution in [0.2, 0.25) is 0 Å². The standard InChI is InChI=1S/C11H21N3O2S2/c1-4-14-7-11(5-10(14)6-12)18(15,16)13-9(2)8-17-3/h5,7,9,13H,4,6,8,12H2,1-3H3. The number of rotatable bonds is 7. The van der Waals surface area contributed by atoms with Crippen molar-refractivity contribution in [2.75, 3.05) is 12.0 Å². The summed E-state index contributed by atoms with van der Waals surface area (Å²) in [6.07, 6.45) is 3.58. The lowest BCUT2D eigenvalue weighted by Gasteiger charge is -2.11. The second-order valence-corrected chi connectivity index (χ2v) is 6.76. The van der Waals surface area contributed by atoms with Crippen LogP contribution in [0, 0.1) is 0 Å². The molecule has 0 bridgehead atoms. The Hall–Kier alpha value is -0.500. The third-order valence-electron chi connectivity index (χ3n) is 2.59. The Labute approximate surface area is 113 Å². The van der Waals surface area contributed by atoms with Crippen LogP contribution in [0.1, 0.15) is 19.5 Å². The van der Waals surface area contributed by atoms with Gasteiger partial charge in [-0.2, -0.15) is 11.8 Å². The molecule has 0 aliphatic heterocycles. The van der Waals surface area contributed by atoms with Gasteiger partial charge in [-0.25, -0.2) is 13.1 Å². The van der Waals surface area contributed by atoms with Gasteiger partial charge < -0.3 is 10.3 Å². The normalized spacial score (nSPS) is 13.8. The van der Waals surface area contributed by atoms with E-state index in [4.69, 9.17) is 5.73 Å². The largest absolute Gasteiger partial charge is 0.349 e. The van der Waals surface area contributed by atoms with Crippen LogP contribution in [0.3, 0.4) is 0 Å². The van der Waals surface area contributed by atoms with E-state index in [9.17, 15) is 8.42 Å². The van der Waals surface area contributed by atoms with Gasteiger partial charge in [0.15, 0.2) is 0 Å². The number of sulfonamides is 1.